The van der Waals surface area contributed by atoms with Gasteiger partial charge in [0.25, 0.3) is 0 Å². The minimum absolute atomic E-state index is 0.218. The average Bonchev–Trinajstić information content (AvgIpc) is 2.55. The van der Waals surface area contributed by atoms with Crippen LogP contribution < -0.4 is 0 Å². The summed E-state index contributed by atoms with van der Waals surface area (Å²) in [5.41, 5.74) is 0. The molecule has 0 radical (unpaired) electrons. The van der Waals surface area contributed by atoms with E-state index in [4.69, 9.17) is 11.6 Å². The number of aldehydes is 1. The molecule has 0 atom stereocenters. The predicted molar refractivity (Wildman–Crippen MR) is 53.8 cm³/mol. The van der Waals surface area contributed by atoms with Gasteiger partial charge in [0.1, 0.15) is 6.29 Å². The number of allylic oxidation sites excluding steroid dienone is 2. The zero-order valence-electron chi connectivity index (χ0n) is 7.67. The summed E-state index contributed by atoms with van der Waals surface area (Å²) in [7, 11) is 0. The van der Waals surface area contributed by atoms with Crippen LogP contribution >= 0.6 is 11.6 Å². The van der Waals surface area contributed by atoms with Crippen molar-refractivity contribution in [2.75, 3.05) is 13.1 Å². The Morgan fingerprint density at radius 3 is 2.67 bits per heavy atom. The van der Waals surface area contributed by atoms with E-state index < -0.39 is 11.4 Å². The number of hydrogen-bond acceptors (Lipinski definition) is 4. The van der Waals surface area contributed by atoms with E-state index in [2.05, 4.69) is 5.10 Å². The summed E-state index contributed by atoms with van der Waals surface area (Å²) in [5.74, 6) is 0. The van der Waals surface area contributed by atoms with Gasteiger partial charge in [-0.05, 0) is 23.8 Å². The fourth-order valence-corrected chi connectivity index (χ4v) is 1.17. The lowest BCUT2D eigenvalue weighted by molar-refractivity contribution is -0.104. The molecule has 7 heteroatoms. The van der Waals surface area contributed by atoms with Crippen LogP contribution in [0.3, 0.4) is 0 Å². The standard InChI is InChI=1S/C8H8ClN3O3/c9-7(14)11-4-5-12(8(11)15)10-3-1-2-6-13/h1-3,6H,4-5H2. The molecule has 1 heterocycles. The highest BCUT2D eigenvalue weighted by Gasteiger charge is 2.31. The minimum atomic E-state index is -0.818. The highest BCUT2D eigenvalue weighted by atomic mass is 35.5. The first kappa shape index (κ1) is 11.4. The van der Waals surface area contributed by atoms with E-state index in [1.165, 1.54) is 18.4 Å². The molecule has 0 saturated carbocycles. The molecule has 15 heavy (non-hydrogen) atoms. The topological polar surface area (TPSA) is 70.1 Å². The minimum Gasteiger partial charge on any atom is -0.299 e. The molecule has 0 unspecified atom stereocenters. The first-order chi connectivity index (χ1) is 7.16. The van der Waals surface area contributed by atoms with Crippen LogP contribution in [0.4, 0.5) is 9.59 Å². The van der Waals surface area contributed by atoms with E-state index in [1.54, 1.807) is 0 Å². The van der Waals surface area contributed by atoms with Crippen molar-refractivity contribution in [3.8, 4) is 0 Å². The van der Waals surface area contributed by atoms with Crippen LogP contribution in [-0.2, 0) is 4.79 Å². The quantitative estimate of drug-likeness (QED) is 0.237. The van der Waals surface area contributed by atoms with E-state index in [0.29, 0.717) is 12.8 Å². The second kappa shape index (κ2) is 5.26. The highest BCUT2D eigenvalue weighted by molar-refractivity contribution is 6.64. The van der Waals surface area contributed by atoms with Crippen molar-refractivity contribution in [2.45, 2.75) is 0 Å². The Morgan fingerprint density at radius 2 is 2.13 bits per heavy atom. The number of hydrazone groups is 1. The first-order valence-corrected chi connectivity index (χ1v) is 4.47. The number of imide groups is 1. The highest BCUT2D eigenvalue weighted by Crippen LogP contribution is 2.10. The molecule has 0 N–H and O–H groups in total. The molecular weight excluding hydrogens is 222 g/mol. The molecule has 0 aliphatic carbocycles. The molecule has 0 aromatic carbocycles. The fourth-order valence-electron chi connectivity index (χ4n) is 1.01. The molecule has 1 saturated heterocycles. The van der Waals surface area contributed by atoms with Crippen molar-refractivity contribution in [2.24, 2.45) is 5.10 Å². The van der Waals surface area contributed by atoms with Crippen molar-refractivity contribution in [3.63, 3.8) is 0 Å². The van der Waals surface area contributed by atoms with Gasteiger partial charge < -0.3 is 0 Å². The maximum absolute atomic E-state index is 11.3. The van der Waals surface area contributed by atoms with Crippen LogP contribution in [-0.4, -0.2) is 46.9 Å². The zero-order valence-corrected chi connectivity index (χ0v) is 8.42. The Kier molecular flexibility index (Phi) is 3.99. The maximum Gasteiger partial charge on any atom is 0.348 e. The number of urea groups is 1. The number of carbonyl (C=O) groups is 3. The fraction of sp³-hybridized carbons (Fsp3) is 0.250. The van der Waals surface area contributed by atoms with E-state index in [9.17, 15) is 14.4 Å². The zero-order chi connectivity index (χ0) is 11.3. The molecule has 1 aliphatic heterocycles. The van der Waals surface area contributed by atoms with Crippen molar-refractivity contribution < 1.29 is 14.4 Å². The van der Waals surface area contributed by atoms with Crippen LogP contribution in [0.5, 0.6) is 0 Å². The van der Waals surface area contributed by atoms with Gasteiger partial charge in [-0.25, -0.2) is 14.7 Å². The van der Waals surface area contributed by atoms with Crippen molar-refractivity contribution in [3.05, 3.63) is 12.2 Å². The van der Waals surface area contributed by atoms with E-state index in [0.717, 1.165) is 9.91 Å². The van der Waals surface area contributed by atoms with E-state index >= 15 is 0 Å². The number of nitrogens with zero attached hydrogens (tertiary/aromatic N) is 3. The van der Waals surface area contributed by atoms with Gasteiger partial charge in [0.2, 0.25) is 0 Å². The van der Waals surface area contributed by atoms with E-state index in [-0.39, 0.29) is 6.54 Å². The molecule has 1 aliphatic rings. The Hall–Kier alpha value is -1.69. The summed E-state index contributed by atoms with van der Waals surface area (Å²) >= 11 is 5.16. The van der Waals surface area contributed by atoms with Crippen LogP contribution in [0.25, 0.3) is 0 Å². The van der Waals surface area contributed by atoms with Gasteiger partial charge in [0.05, 0.1) is 13.1 Å². The lowest BCUT2D eigenvalue weighted by Crippen LogP contribution is -2.30. The third-order valence-electron chi connectivity index (χ3n) is 1.68. The lowest BCUT2D eigenvalue weighted by atomic mass is 10.5. The largest absolute Gasteiger partial charge is 0.348 e. The predicted octanol–water partition coefficient (Wildman–Crippen LogP) is 0.824. The van der Waals surface area contributed by atoms with E-state index in [1.807, 2.05) is 0 Å². The van der Waals surface area contributed by atoms with Gasteiger partial charge in [0, 0.05) is 6.21 Å². The number of rotatable bonds is 3. The third kappa shape index (κ3) is 2.88. The lowest BCUT2D eigenvalue weighted by Gasteiger charge is -2.09. The number of carbonyl (C=O) groups excluding carboxylic acids is 3. The maximum atomic E-state index is 11.3. The van der Waals surface area contributed by atoms with Gasteiger partial charge in [-0.2, -0.15) is 5.10 Å². The average molecular weight is 230 g/mol. The summed E-state index contributed by atoms with van der Waals surface area (Å²) in [4.78, 5) is 32.8. The van der Waals surface area contributed by atoms with Crippen molar-refractivity contribution in [1.29, 1.82) is 0 Å². The molecule has 1 fully saturated rings. The normalized spacial score (nSPS) is 17.0. The van der Waals surface area contributed by atoms with Gasteiger partial charge in [-0.1, -0.05) is 0 Å². The number of halogens is 1. The summed E-state index contributed by atoms with van der Waals surface area (Å²) in [6.07, 6.45) is 4.49. The van der Waals surface area contributed by atoms with Crippen molar-refractivity contribution in [1.82, 2.24) is 9.91 Å². The summed E-state index contributed by atoms with van der Waals surface area (Å²) in [6, 6.07) is -0.564. The van der Waals surface area contributed by atoms with Crippen LogP contribution in [0.15, 0.2) is 17.3 Å². The summed E-state index contributed by atoms with van der Waals surface area (Å²) in [5, 5.41) is 4.01. The van der Waals surface area contributed by atoms with Crippen LogP contribution in [0.2, 0.25) is 0 Å². The van der Waals surface area contributed by atoms with Gasteiger partial charge in [-0.3, -0.25) is 9.59 Å². The van der Waals surface area contributed by atoms with Gasteiger partial charge >= 0.3 is 11.4 Å². The third-order valence-corrected chi connectivity index (χ3v) is 1.89. The van der Waals surface area contributed by atoms with Crippen molar-refractivity contribution >= 4 is 35.5 Å². The monoisotopic (exact) mass is 229 g/mol. The molecule has 1 rings (SSSR count). The molecule has 6 nitrogen and oxygen atoms in total. The molecule has 0 aromatic rings. The van der Waals surface area contributed by atoms with Crippen LogP contribution in [0.1, 0.15) is 0 Å². The number of hydrogen-bond donors (Lipinski definition) is 0. The SMILES string of the molecule is O=CC=CC=NN1CCN(C(=O)Cl)C1=O. The Bertz CT molecular complexity index is 340. The molecule has 80 valence electrons. The Labute approximate surface area is 90.8 Å². The second-order valence-electron chi connectivity index (χ2n) is 2.60. The first-order valence-electron chi connectivity index (χ1n) is 4.09. The Balaban J connectivity index is 2.56. The smallest absolute Gasteiger partial charge is 0.299 e. The molecule has 0 aromatic heterocycles. The molecule has 0 spiro atoms. The summed E-state index contributed by atoms with van der Waals surface area (Å²) < 4.78 is 0. The molecule has 0 bridgehead atoms. The Morgan fingerprint density at radius 1 is 1.40 bits per heavy atom. The molecule has 3 amide bonds. The van der Waals surface area contributed by atoms with Gasteiger partial charge in [-0.15, -0.1) is 0 Å². The number of amides is 3. The van der Waals surface area contributed by atoms with Gasteiger partial charge in [0.15, 0.2) is 0 Å². The second-order valence-corrected chi connectivity index (χ2v) is 2.92. The van der Waals surface area contributed by atoms with Crippen LogP contribution in [0, 0.1) is 0 Å². The molecular formula is C8H8ClN3O3. The summed E-state index contributed by atoms with van der Waals surface area (Å²) in [6.45, 7) is 0.513.